The molecule has 38 heavy (non-hydrogen) atoms. The summed E-state index contributed by atoms with van der Waals surface area (Å²) in [4.78, 5) is 30.3. The molecule has 0 aliphatic heterocycles. The molecule has 0 atom stereocenters. The number of carbonyl (C=O) groups is 2. The van der Waals surface area contributed by atoms with Crippen LogP contribution in [0.25, 0.3) is 21.8 Å². The lowest BCUT2D eigenvalue weighted by molar-refractivity contribution is -0.143. The average molecular weight is 507 g/mol. The highest BCUT2D eigenvalue weighted by molar-refractivity contribution is 6.18. The van der Waals surface area contributed by atoms with Crippen LogP contribution in [-0.2, 0) is 16.2 Å². The highest BCUT2D eigenvalue weighted by Gasteiger charge is 2.18. The molecule has 4 aromatic carbocycles. The van der Waals surface area contributed by atoms with Crippen LogP contribution >= 0.6 is 0 Å². The molecule has 0 saturated heterocycles. The third-order valence-electron chi connectivity index (χ3n) is 6.66. The Morgan fingerprint density at radius 3 is 2.11 bits per heavy atom. The van der Waals surface area contributed by atoms with Gasteiger partial charge in [0, 0.05) is 51.5 Å². The fourth-order valence-electron chi connectivity index (χ4n) is 4.72. The molecule has 1 heterocycles. The van der Waals surface area contributed by atoms with Crippen LogP contribution in [0, 0.1) is 12.7 Å². The minimum Gasteiger partial charge on any atom is -0.341 e. The molecule has 5 aromatic rings. The molecule has 6 heteroatoms. The number of oxime groups is 1. The minimum absolute atomic E-state index is 0.0473. The second-order valence-corrected chi connectivity index (χ2v) is 9.14. The summed E-state index contributed by atoms with van der Waals surface area (Å²) in [6.45, 7) is 6.30. The van der Waals surface area contributed by atoms with Crippen molar-refractivity contribution < 1.29 is 18.8 Å². The molecule has 0 N–H and O–H groups in total. The highest BCUT2D eigenvalue weighted by Crippen LogP contribution is 2.32. The molecule has 0 spiro atoms. The summed E-state index contributed by atoms with van der Waals surface area (Å²) >= 11 is 0. The maximum Gasteiger partial charge on any atom is 0.334 e. The lowest BCUT2D eigenvalue weighted by atomic mass is 9.98. The molecule has 5 rings (SSSR count). The van der Waals surface area contributed by atoms with Crippen LogP contribution in [0.2, 0.25) is 0 Å². The molecule has 0 bridgehead atoms. The van der Waals surface area contributed by atoms with Crippen molar-refractivity contribution in [2.45, 2.75) is 33.7 Å². The number of hydrogen-bond donors (Lipinski definition) is 0. The van der Waals surface area contributed by atoms with Gasteiger partial charge in [-0.2, -0.15) is 0 Å². The number of benzene rings is 4. The predicted molar refractivity (Wildman–Crippen MR) is 148 cm³/mol. The second kappa shape index (κ2) is 10.4. The summed E-state index contributed by atoms with van der Waals surface area (Å²) in [6, 6.07) is 25.6. The average Bonchev–Trinajstić information content (AvgIpc) is 3.25. The largest absolute Gasteiger partial charge is 0.341 e. The first kappa shape index (κ1) is 25.1. The maximum atomic E-state index is 14.6. The van der Waals surface area contributed by atoms with Gasteiger partial charge in [-0.3, -0.25) is 4.79 Å². The van der Waals surface area contributed by atoms with E-state index in [1.807, 2.05) is 60.7 Å². The van der Waals surface area contributed by atoms with Crippen molar-refractivity contribution in [2.24, 2.45) is 5.16 Å². The number of halogens is 1. The topological polar surface area (TPSA) is 60.7 Å². The van der Waals surface area contributed by atoms with E-state index in [9.17, 15) is 14.0 Å². The van der Waals surface area contributed by atoms with Crippen molar-refractivity contribution in [3.05, 3.63) is 119 Å². The van der Waals surface area contributed by atoms with Crippen molar-refractivity contribution >= 4 is 39.3 Å². The van der Waals surface area contributed by atoms with E-state index in [0.717, 1.165) is 45.0 Å². The van der Waals surface area contributed by atoms with E-state index in [1.165, 1.54) is 12.1 Å². The van der Waals surface area contributed by atoms with E-state index in [-0.39, 0.29) is 17.8 Å². The number of nitrogens with zero attached hydrogens (tertiary/aromatic N) is 2. The Bertz CT molecular complexity index is 1720. The summed E-state index contributed by atoms with van der Waals surface area (Å²) in [5.74, 6) is -1.32. The number of aromatic nitrogens is 1. The Balaban J connectivity index is 1.68. The molecule has 190 valence electrons. The molecule has 0 radical (unpaired) electrons. The van der Waals surface area contributed by atoms with Crippen LogP contribution in [0.5, 0.6) is 0 Å². The molecule has 1 aromatic heterocycles. The molecule has 0 fully saturated rings. The number of carbonyl (C=O) groups excluding carboxylic acids is 2. The predicted octanol–water partition coefficient (Wildman–Crippen LogP) is 7.20. The molecular formula is C32H27FN2O3. The monoisotopic (exact) mass is 506 g/mol. The van der Waals surface area contributed by atoms with Gasteiger partial charge >= 0.3 is 5.97 Å². The van der Waals surface area contributed by atoms with Gasteiger partial charge in [-0.05, 0) is 61.9 Å². The summed E-state index contributed by atoms with van der Waals surface area (Å²) in [7, 11) is 0. The number of ketones is 1. The molecular weight excluding hydrogens is 479 g/mol. The Labute approximate surface area is 220 Å². The SMILES string of the molecule is CCC(=O)O/N=C(\c1ccccc1)c1ccc2c(c1)c1cc(C(=O)c3ccc(C)cc3F)ccc1n2CC. The Kier molecular flexibility index (Phi) is 6.88. The first-order chi connectivity index (χ1) is 18.4. The fourth-order valence-corrected chi connectivity index (χ4v) is 4.72. The van der Waals surface area contributed by atoms with Crippen molar-refractivity contribution in [3.63, 3.8) is 0 Å². The third-order valence-corrected chi connectivity index (χ3v) is 6.66. The van der Waals surface area contributed by atoms with Gasteiger partial charge in [-0.1, -0.05) is 54.5 Å². The number of hydrogen-bond acceptors (Lipinski definition) is 4. The summed E-state index contributed by atoms with van der Waals surface area (Å²) in [5.41, 5.74) is 5.28. The number of fused-ring (bicyclic) bond motifs is 3. The van der Waals surface area contributed by atoms with Crippen LogP contribution < -0.4 is 0 Å². The molecule has 5 nitrogen and oxygen atoms in total. The zero-order valence-electron chi connectivity index (χ0n) is 21.5. The van der Waals surface area contributed by atoms with Crippen LogP contribution in [0.3, 0.4) is 0 Å². The van der Waals surface area contributed by atoms with E-state index >= 15 is 0 Å². The smallest absolute Gasteiger partial charge is 0.334 e. The zero-order chi connectivity index (χ0) is 26.8. The van der Waals surface area contributed by atoms with E-state index in [1.54, 1.807) is 26.0 Å². The van der Waals surface area contributed by atoms with Gasteiger partial charge in [-0.25, -0.2) is 9.18 Å². The highest BCUT2D eigenvalue weighted by atomic mass is 19.1. The molecule has 0 saturated carbocycles. The van der Waals surface area contributed by atoms with Crippen molar-refractivity contribution in [1.29, 1.82) is 0 Å². The molecule has 0 aliphatic rings. The van der Waals surface area contributed by atoms with Gasteiger partial charge in [0.15, 0.2) is 5.78 Å². The van der Waals surface area contributed by atoms with Gasteiger partial charge in [0.05, 0.1) is 5.56 Å². The summed E-state index contributed by atoms with van der Waals surface area (Å²) in [6.07, 6.45) is 0.215. The standard InChI is InChI=1S/C32H27FN2O3/c1-4-30(36)38-34-31(21-9-7-6-8-10-21)22-12-15-28-25(18-22)26-19-23(13-16-29(26)35(28)5-2)32(37)24-14-11-20(3)17-27(24)33/h6-19H,4-5H2,1-3H3/b34-31+. The third kappa shape index (κ3) is 4.61. The lowest BCUT2D eigenvalue weighted by Crippen LogP contribution is -2.07. The quantitative estimate of drug-likeness (QED) is 0.102. The first-order valence-corrected chi connectivity index (χ1v) is 12.6. The van der Waals surface area contributed by atoms with E-state index in [4.69, 9.17) is 4.84 Å². The van der Waals surface area contributed by atoms with Crippen molar-refractivity contribution in [1.82, 2.24) is 4.57 Å². The van der Waals surface area contributed by atoms with Gasteiger partial charge in [0.1, 0.15) is 11.5 Å². The Hall–Kier alpha value is -4.58. The van der Waals surface area contributed by atoms with Crippen molar-refractivity contribution in [3.8, 4) is 0 Å². The Morgan fingerprint density at radius 2 is 1.47 bits per heavy atom. The minimum atomic E-state index is -0.529. The van der Waals surface area contributed by atoms with Crippen molar-refractivity contribution in [2.75, 3.05) is 0 Å². The number of aryl methyl sites for hydroxylation is 2. The zero-order valence-corrected chi connectivity index (χ0v) is 21.5. The molecule has 0 aliphatic carbocycles. The Morgan fingerprint density at radius 1 is 0.816 bits per heavy atom. The van der Waals surface area contributed by atoms with Crippen LogP contribution in [0.15, 0.2) is 90.1 Å². The summed E-state index contributed by atoms with van der Waals surface area (Å²) in [5, 5.41) is 6.01. The first-order valence-electron chi connectivity index (χ1n) is 12.6. The maximum absolute atomic E-state index is 14.6. The van der Waals surface area contributed by atoms with E-state index < -0.39 is 11.8 Å². The fraction of sp³-hybridized carbons (Fsp3) is 0.156. The van der Waals surface area contributed by atoms with Gasteiger partial charge in [0.2, 0.25) is 0 Å². The van der Waals surface area contributed by atoms with Gasteiger partial charge < -0.3 is 9.40 Å². The van der Waals surface area contributed by atoms with E-state index in [2.05, 4.69) is 16.6 Å². The number of rotatable bonds is 7. The van der Waals surface area contributed by atoms with E-state index in [0.29, 0.717) is 11.3 Å². The summed E-state index contributed by atoms with van der Waals surface area (Å²) < 4.78 is 16.8. The van der Waals surface area contributed by atoms with Gasteiger partial charge in [-0.15, -0.1) is 0 Å². The van der Waals surface area contributed by atoms with Crippen LogP contribution in [0.4, 0.5) is 4.39 Å². The van der Waals surface area contributed by atoms with Crippen LogP contribution in [0.1, 0.15) is 52.9 Å². The normalized spacial score (nSPS) is 11.7. The van der Waals surface area contributed by atoms with Crippen LogP contribution in [-0.4, -0.2) is 22.0 Å². The molecule has 0 unspecified atom stereocenters. The van der Waals surface area contributed by atoms with Gasteiger partial charge in [0.25, 0.3) is 0 Å². The molecule has 0 amide bonds. The second-order valence-electron chi connectivity index (χ2n) is 9.14. The lowest BCUT2D eigenvalue weighted by Gasteiger charge is -2.08.